The third kappa shape index (κ3) is 5.56. The number of hydrogen-bond acceptors (Lipinski definition) is 5. The van der Waals surface area contributed by atoms with Crippen LogP contribution in [-0.4, -0.2) is 40.9 Å². The van der Waals surface area contributed by atoms with E-state index in [2.05, 4.69) is 17.2 Å². The van der Waals surface area contributed by atoms with E-state index in [9.17, 15) is 14.4 Å². The minimum absolute atomic E-state index is 0.0302. The Balaban J connectivity index is 1.69. The van der Waals surface area contributed by atoms with Crippen LogP contribution in [0.4, 0.5) is 5.69 Å². The molecule has 31 heavy (non-hydrogen) atoms. The molecule has 7 nitrogen and oxygen atoms in total. The fourth-order valence-corrected chi connectivity index (χ4v) is 3.24. The van der Waals surface area contributed by atoms with Gasteiger partial charge in [0, 0.05) is 12.2 Å². The van der Waals surface area contributed by atoms with Gasteiger partial charge in [-0.25, -0.2) is 0 Å². The number of thiocarbonyl (C=S) groups is 1. The van der Waals surface area contributed by atoms with Gasteiger partial charge in [0.05, 0.1) is 5.02 Å². The molecule has 1 heterocycles. The Morgan fingerprint density at radius 2 is 1.97 bits per heavy atom. The van der Waals surface area contributed by atoms with Crippen LogP contribution >= 0.6 is 23.8 Å². The Morgan fingerprint density at radius 3 is 2.65 bits per heavy atom. The molecule has 1 saturated heterocycles. The second kappa shape index (κ2) is 10.0. The van der Waals surface area contributed by atoms with Crippen LogP contribution in [0.3, 0.4) is 0 Å². The van der Waals surface area contributed by atoms with E-state index in [1.165, 1.54) is 23.1 Å². The van der Waals surface area contributed by atoms with Gasteiger partial charge in [-0.2, -0.15) is 0 Å². The van der Waals surface area contributed by atoms with Crippen LogP contribution in [-0.2, 0) is 14.4 Å². The zero-order valence-electron chi connectivity index (χ0n) is 16.3. The number of hydrogen-bond donors (Lipinski definition) is 2. The van der Waals surface area contributed by atoms with Gasteiger partial charge in [0.2, 0.25) is 0 Å². The molecule has 1 aliphatic heterocycles. The number of benzene rings is 2. The Morgan fingerprint density at radius 1 is 1.23 bits per heavy atom. The van der Waals surface area contributed by atoms with Crippen molar-refractivity contribution in [1.82, 2.24) is 10.2 Å². The fourth-order valence-electron chi connectivity index (χ4n) is 2.74. The molecule has 0 spiro atoms. The Bertz CT molecular complexity index is 1090. The summed E-state index contributed by atoms with van der Waals surface area (Å²) >= 11 is 11.3. The molecule has 2 aromatic rings. The number of anilines is 1. The van der Waals surface area contributed by atoms with Crippen LogP contribution in [0.5, 0.6) is 5.75 Å². The van der Waals surface area contributed by atoms with E-state index < -0.39 is 11.8 Å². The van der Waals surface area contributed by atoms with Gasteiger partial charge in [-0.3, -0.25) is 24.6 Å². The number of nitrogens with zero attached hydrogens (tertiary/aromatic N) is 1. The zero-order valence-corrected chi connectivity index (χ0v) is 17.8. The van der Waals surface area contributed by atoms with Gasteiger partial charge in [0.15, 0.2) is 11.7 Å². The molecule has 0 atom stereocenters. The van der Waals surface area contributed by atoms with Crippen molar-refractivity contribution in [3.63, 3.8) is 0 Å². The second-order valence-electron chi connectivity index (χ2n) is 6.41. The number of nitrogens with one attached hydrogen (secondary N) is 2. The van der Waals surface area contributed by atoms with E-state index in [0.29, 0.717) is 17.0 Å². The monoisotopic (exact) mass is 455 g/mol. The number of amides is 3. The van der Waals surface area contributed by atoms with Crippen LogP contribution in [0.25, 0.3) is 6.08 Å². The van der Waals surface area contributed by atoms with E-state index in [1.807, 2.05) is 18.2 Å². The number of para-hydroxylation sites is 1. The topological polar surface area (TPSA) is 87.7 Å². The maximum Gasteiger partial charge on any atom is 0.265 e. The van der Waals surface area contributed by atoms with Gasteiger partial charge < -0.3 is 10.1 Å². The lowest BCUT2D eigenvalue weighted by Gasteiger charge is -2.27. The summed E-state index contributed by atoms with van der Waals surface area (Å²) in [5, 5.41) is 5.43. The molecular formula is C22H18ClN3O4S. The van der Waals surface area contributed by atoms with Gasteiger partial charge in [0.1, 0.15) is 11.3 Å². The first-order valence-electron chi connectivity index (χ1n) is 9.16. The van der Waals surface area contributed by atoms with E-state index in [-0.39, 0.29) is 34.8 Å². The van der Waals surface area contributed by atoms with Crippen molar-refractivity contribution in [3.8, 4) is 5.75 Å². The highest BCUT2D eigenvalue weighted by atomic mass is 35.5. The molecule has 158 valence electrons. The second-order valence-corrected chi connectivity index (χ2v) is 7.21. The van der Waals surface area contributed by atoms with Crippen molar-refractivity contribution in [1.29, 1.82) is 0 Å². The molecule has 2 N–H and O–H groups in total. The zero-order chi connectivity index (χ0) is 22.4. The van der Waals surface area contributed by atoms with E-state index in [1.54, 1.807) is 24.3 Å². The molecule has 0 aliphatic carbocycles. The summed E-state index contributed by atoms with van der Waals surface area (Å²) in [5.41, 5.74) is 1.09. The van der Waals surface area contributed by atoms with Crippen molar-refractivity contribution in [3.05, 3.63) is 77.3 Å². The normalized spacial score (nSPS) is 14.9. The van der Waals surface area contributed by atoms with Crippen molar-refractivity contribution >= 4 is 58.4 Å². The first-order valence-corrected chi connectivity index (χ1v) is 9.94. The molecule has 0 saturated carbocycles. The average molecular weight is 456 g/mol. The summed E-state index contributed by atoms with van der Waals surface area (Å²) in [4.78, 5) is 38.0. The molecule has 1 aliphatic rings. The van der Waals surface area contributed by atoms with E-state index >= 15 is 0 Å². The highest BCUT2D eigenvalue weighted by Gasteiger charge is 2.32. The van der Waals surface area contributed by atoms with E-state index in [0.717, 1.165) is 0 Å². The van der Waals surface area contributed by atoms with Gasteiger partial charge in [-0.1, -0.05) is 41.9 Å². The van der Waals surface area contributed by atoms with E-state index in [4.69, 9.17) is 28.6 Å². The van der Waals surface area contributed by atoms with Crippen molar-refractivity contribution in [2.24, 2.45) is 0 Å². The summed E-state index contributed by atoms with van der Waals surface area (Å²) in [7, 11) is 0. The van der Waals surface area contributed by atoms with Crippen LogP contribution < -0.4 is 15.4 Å². The number of rotatable bonds is 7. The van der Waals surface area contributed by atoms with Crippen LogP contribution in [0.1, 0.15) is 5.56 Å². The summed E-state index contributed by atoms with van der Waals surface area (Å²) < 4.78 is 5.47. The number of halogens is 1. The molecule has 0 aromatic heterocycles. The fraction of sp³-hybridized carbons (Fsp3) is 0.0909. The Labute approximate surface area is 189 Å². The standard InChI is InChI=1S/C22H18ClN3O4S/c1-2-10-26-21(29)16(20(28)25-22(26)31)11-14-8-9-18(17(23)12-14)30-13-19(27)24-15-6-4-3-5-7-15/h2-9,11-12H,1,10,13H2,(H,24,27)(H,25,28,31). The summed E-state index contributed by atoms with van der Waals surface area (Å²) in [6.45, 7) is 3.52. The van der Waals surface area contributed by atoms with Crippen LogP contribution in [0, 0.1) is 0 Å². The van der Waals surface area contributed by atoms with Crippen molar-refractivity contribution in [2.75, 3.05) is 18.5 Å². The van der Waals surface area contributed by atoms with Gasteiger partial charge in [-0.15, -0.1) is 6.58 Å². The highest BCUT2D eigenvalue weighted by Crippen LogP contribution is 2.27. The summed E-state index contributed by atoms with van der Waals surface area (Å²) in [5.74, 6) is -1.16. The first kappa shape index (κ1) is 22.2. The first-order chi connectivity index (χ1) is 14.9. The van der Waals surface area contributed by atoms with Crippen LogP contribution in [0.2, 0.25) is 5.02 Å². The van der Waals surface area contributed by atoms with Crippen molar-refractivity contribution < 1.29 is 19.1 Å². The molecule has 0 radical (unpaired) electrons. The summed E-state index contributed by atoms with van der Waals surface area (Å²) in [6, 6.07) is 13.7. The smallest absolute Gasteiger partial charge is 0.265 e. The van der Waals surface area contributed by atoms with Gasteiger partial charge in [0.25, 0.3) is 17.7 Å². The maximum atomic E-state index is 12.6. The third-order valence-electron chi connectivity index (χ3n) is 4.18. The highest BCUT2D eigenvalue weighted by molar-refractivity contribution is 7.80. The minimum atomic E-state index is -0.593. The maximum absolute atomic E-state index is 12.6. The predicted molar refractivity (Wildman–Crippen MR) is 123 cm³/mol. The molecule has 1 fully saturated rings. The largest absolute Gasteiger partial charge is 0.482 e. The number of carbonyl (C=O) groups is 3. The molecule has 0 bridgehead atoms. The molecule has 9 heteroatoms. The lowest BCUT2D eigenvalue weighted by molar-refractivity contribution is -0.128. The quantitative estimate of drug-likeness (QED) is 0.290. The lowest BCUT2D eigenvalue weighted by Crippen LogP contribution is -2.53. The SMILES string of the molecule is C=CCN1C(=O)C(=Cc2ccc(OCC(=O)Nc3ccccc3)c(Cl)c2)C(=O)NC1=S. The molecule has 3 amide bonds. The molecule has 2 aromatic carbocycles. The lowest BCUT2D eigenvalue weighted by atomic mass is 10.1. The van der Waals surface area contributed by atoms with Crippen LogP contribution in [0.15, 0.2) is 66.8 Å². The molecule has 0 unspecified atom stereocenters. The molecular weight excluding hydrogens is 438 g/mol. The number of carbonyl (C=O) groups excluding carboxylic acids is 3. The minimum Gasteiger partial charge on any atom is -0.482 e. The van der Waals surface area contributed by atoms with Crippen molar-refractivity contribution in [2.45, 2.75) is 0 Å². The Kier molecular flexibility index (Phi) is 7.17. The Hall–Kier alpha value is -3.49. The number of ether oxygens (including phenoxy) is 1. The summed E-state index contributed by atoms with van der Waals surface area (Å²) in [6.07, 6.45) is 2.92. The third-order valence-corrected chi connectivity index (χ3v) is 4.80. The molecule has 3 rings (SSSR count). The van der Waals surface area contributed by atoms with Gasteiger partial charge >= 0.3 is 0 Å². The average Bonchev–Trinajstić information content (AvgIpc) is 2.74. The van der Waals surface area contributed by atoms with Gasteiger partial charge in [-0.05, 0) is 48.1 Å². The predicted octanol–water partition coefficient (Wildman–Crippen LogP) is 3.17.